The molecule has 0 radical (unpaired) electrons. The summed E-state index contributed by atoms with van der Waals surface area (Å²) in [6, 6.07) is 4.76. The van der Waals surface area contributed by atoms with E-state index in [9.17, 15) is 13.2 Å². The van der Waals surface area contributed by atoms with E-state index in [1.165, 1.54) is 12.1 Å². The fourth-order valence-electron chi connectivity index (χ4n) is 1.57. The molecule has 0 fully saturated rings. The van der Waals surface area contributed by atoms with Gasteiger partial charge in [0.15, 0.2) is 0 Å². The number of benzene rings is 1. The van der Waals surface area contributed by atoms with Gasteiger partial charge >= 0.3 is 6.18 Å². The van der Waals surface area contributed by atoms with Gasteiger partial charge in [-0.3, -0.25) is 0 Å². The van der Waals surface area contributed by atoms with Crippen molar-refractivity contribution in [2.45, 2.75) is 13.1 Å². The largest absolute Gasteiger partial charge is 0.416 e. The van der Waals surface area contributed by atoms with Crippen molar-refractivity contribution in [2.24, 2.45) is 0 Å². The van der Waals surface area contributed by atoms with Crippen LogP contribution in [-0.2, 0) is 6.18 Å². The van der Waals surface area contributed by atoms with Crippen molar-refractivity contribution < 1.29 is 13.2 Å². The molecule has 1 aromatic carbocycles. The lowest BCUT2D eigenvalue weighted by Crippen LogP contribution is -2.07. The molecule has 1 heterocycles. The Bertz CT molecular complexity index is 623. The second-order valence-corrected chi connectivity index (χ2v) is 4.47. The molecule has 0 atom stereocenters. The summed E-state index contributed by atoms with van der Waals surface area (Å²) in [6.07, 6.45) is -4.41. The van der Waals surface area contributed by atoms with E-state index in [0.29, 0.717) is 5.56 Å². The first-order valence-electron chi connectivity index (χ1n) is 5.50. The summed E-state index contributed by atoms with van der Waals surface area (Å²) < 4.78 is 38.0. The van der Waals surface area contributed by atoms with Crippen LogP contribution in [0.1, 0.15) is 11.1 Å². The first kappa shape index (κ1) is 14.4. The van der Waals surface area contributed by atoms with Crippen LogP contribution in [0.4, 0.5) is 30.6 Å². The van der Waals surface area contributed by atoms with Crippen LogP contribution in [0.3, 0.4) is 0 Å². The fourth-order valence-corrected chi connectivity index (χ4v) is 1.76. The zero-order valence-electron chi connectivity index (χ0n) is 10.3. The van der Waals surface area contributed by atoms with Crippen molar-refractivity contribution in [3.05, 3.63) is 40.5 Å². The number of aromatic nitrogens is 2. The molecule has 0 aliphatic carbocycles. The molecule has 2 rings (SSSR count). The lowest BCUT2D eigenvalue weighted by atomic mass is 10.1. The molecule has 2 aromatic rings. The second-order valence-electron chi connectivity index (χ2n) is 4.09. The minimum absolute atomic E-state index is 0.0652. The molecule has 8 heteroatoms. The molecule has 0 saturated heterocycles. The summed E-state index contributed by atoms with van der Waals surface area (Å²) >= 11 is 5.71. The topological polar surface area (TPSA) is 63.8 Å². The Balaban J connectivity index is 2.37. The third kappa shape index (κ3) is 3.30. The third-order valence-corrected chi connectivity index (χ3v) is 2.73. The van der Waals surface area contributed by atoms with Gasteiger partial charge < -0.3 is 11.1 Å². The average Bonchev–Trinajstić information content (AvgIpc) is 2.29. The number of hydrogen-bond donors (Lipinski definition) is 2. The molecular weight excluding hydrogens is 293 g/mol. The van der Waals surface area contributed by atoms with Crippen LogP contribution >= 0.6 is 11.6 Å². The Morgan fingerprint density at radius 3 is 2.50 bits per heavy atom. The summed E-state index contributed by atoms with van der Waals surface area (Å²) in [7, 11) is 0. The van der Waals surface area contributed by atoms with Crippen LogP contribution in [0, 0.1) is 6.92 Å². The molecule has 3 N–H and O–H groups in total. The van der Waals surface area contributed by atoms with Gasteiger partial charge in [-0.05, 0) is 24.6 Å². The highest BCUT2D eigenvalue weighted by atomic mass is 35.5. The number of nitrogens with two attached hydrogens (primary N) is 1. The summed E-state index contributed by atoms with van der Waals surface area (Å²) in [6.45, 7) is 1.68. The predicted molar refractivity (Wildman–Crippen MR) is 70.9 cm³/mol. The Hall–Kier alpha value is -2.02. The molecule has 4 nitrogen and oxygen atoms in total. The molecular formula is C12H10ClF3N4. The monoisotopic (exact) mass is 302 g/mol. The minimum Gasteiger partial charge on any atom is -0.368 e. The molecule has 0 spiro atoms. The van der Waals surface area contributed by atoms with Crippen LogP contribution < -0.4 is 11.1 Å². The maximum atomic E-state index is 12.7. The molecule has 0 unspecified atom stereocenters. The molecule has 106 valence electrons. The van der Waals surface area contributed by atoms with Crippen molar-refractivity contribution >= 4 is 29.1 Å². The third-order valence-electron chi connectivity index (χ3n) is 2.54. The van der Waals surface area contributed by atoms with Crippen LogP contribution in [-0.4, -0.2) is 9.97 Å². The maximum absolute atomic E-state index is 12.7. The molecule has 0 saturated carbocycles. The number of nitrogens with one attached hydrogen (secondary N) is 1. The van der Waals surface area contributed by atoms with E-state index in [2.05, 4.69) is 15.3 Å². The lowest BCUT2D eigenvalue weighted by molar-refractivity contribution is -0.137. The number of hydrogen-bond acceptors (Lipinski definition) is 4. The quantitative estimate of drug-likeness (QED) is 0.829. The molecule has 1 aromatic heterocycles. The van der Waals surface area contributed by atoms with Crippen LogP contribution in [0.25, 0.3) is 0 Å². The first-order valence-corrected chi connectivity index (χ1v) is 5.88. The van der Waals surface area contributed by atoms with E-state index < -0.39 is 11.7 Å². The Morgan fingerprint density at radius 1 is 1.20 bits per heavy atom. The number of nitrogen functional groups attached to an aromatic ring is 1. The Kier molecular flexibility index (Phi) is 3.71. The molecule has 0 amide bonds. The van der Waals surface area contributed by atoms with Crippen molar-refractivity contribution in [3.8, 4) is 0 Å². The van der Waals surface area contributed by atoms with Gasteiger partial charge in [-0.15, -0.1) is 0 Å². The smallest absolute Gasteiger partial charge is 0.368 e. The van der Waals surface area contributed by atoms with Crippen LogP contribution in [0.15, 0.2) is 24.3 Å². The standard InChI is InChI=1S/C12H10ClF3N4/c1-6-2-3-7(12(14,15)16)4-8(6)18-10-5-9(13)19-11(17)20-10/h2-5H,1H3,(H3,17,18,19,20). The van der Waals surface area contributed by atoms with E-state index in [1.807, 2.05) is 0 Å². The minimum atomic E-state index is -4.41. The molecule has 0 bridgehead atoms. The summed E-state index contributed by atoms with van der Waals surface area (Å²) in [5, 5.41) is 2.85. The Labute approximate surface area is 117 Å². The van der Waals surface area contributed by atoms with Crippen molar-refractivity contribution in [1.29, 1.82) is 0 Å². The SMILES string of the molecule is Cc1ccc(C(F)(F)F)cc1Nc1cc(Cl)nc(N)n1. The lowest BCUT2D eigenvalue weighted by Gasteiger charge is -2.13. The van der Waals surface area contributed by atoms with E-state index in [1.54, 1.807) is 6.92 Å². The molecule has 0 aliphatic rings. The predicted octanol–water partition coefficient (Wildman–Crippen LogP) is 3.78. The number of rotatable bonds is 2. The normalized spacial score (nSPS) is 11.4. The molecule has 20 heavy (non-hydrogen) atoms. The van der Waals surface area contributed by atoms with Crippen molar-refractivity contribution in [3.63, 3.8) is 0 Å². The van der Waals surface area contributed by atoms with E-state index >= 15 is 0 Å². The highest BCUT2D eigenvalue weighted by molar-refractivity contribution is 6.29. The van der Waals surface area contributed by atoms with Gasteiger partial charge in [0.2, 0.25) is 5.95 Å². The average molecular weight is 303 g/mol. The van der Waals surface area contributed by atoms with Gasteiger partial charge in [0.1, 0.15) is 11.0 Å². The number of anilines is 3. The number of nitrogens with zero attached hydrogens (tertiary/aromatic N) is 2. The van der Waals surface area contributed by atoms with Crippen molar-refractivity contribution in [2.75, 3.05) is 11.1 Å². The Morgan fingerprint density at radius 2 is 1.90 bits per heavy atom. The summed E-state index contributed by atoms with van der Waals surface area (Å²) in [4.78, 5) is 7.52. The summed E-state index contributed by atoms with van der Waals surface area (Å²) in [5.74, 6) is 0.162. The van der Waals surface area contributed by atoms with E-state index in [-0.39, 0.29) is 22.6 Å². The zero-order valence-corrected chi connectivity index (χ0v) is 11.0. The first-order chi connectivity index (χ1) is 9.25. The van der Waals surface area contributed by atoms with Gasteiger partial charge in [0.05, 0.1) is 5.56 Å². The highest BCUT2D eigenvalue weighted by Crippen LogP contribution is 2.33. The number of aryl methyl sites for hydroxylation is 1. The second kappa shape index (κ2) is 5.16. The highest BCUT2D eigenvalue weighted by Gasteiger charge is 2.30. The van der Waals surface area contributed by atoms with Gasteiger partial charge in [-0.1, -0.05) is 17.7 Å². The van der Waals surface area contributed by atoms with Gasteiger partial charge in [0, 0.05) is 11.8 Å². The fraction of sp³-hybridized carbons (Fsp3) is 0.167. The van der Waals surface area contributed by atoms with Gasteiger partial charge in [0.25, 0.3) is 0 Å². The summed E-state index contributed by atoms with van der Waals surface area (Å²) in [5.41, 5.74) is 5.58. The van der Waals surface area contributed by atoms with Crippen LogP contribution in [0.2, 0.25) is 5.15 Å². The van der Waals surface area contributed by atoms with E-state index in [0.717, 1.165) is 12.1 Å². The number of halogens is 4. The zero-order chi connectivity index (χ0) is 14.9. The van der Waals surface area contributed by atoms with Gasteiger partial charge in [-0.2, -0.15) is 18.2 Å². The number of alkyl halides is 3. The molecule has 0 aliphatic heterocycles. The van der Waals surface area contributed by atoms with Crippen LogP contribution in [0.5, 0.6) is 0 Å². The van der Waals surface area contributed by atoms with Crippen molar-refractivity contribution in [1.82, 2.24) is 9.97 Å². The maximum Gasteiger partial charge on any atom is 0.416 e. The van der Waals surface area contributed by atoms with Gasteiger partial charge in [-0.25, -0.2) is 4.98 Å². The van der Waals surface area contributed by atoms with E-state index in [4.69, 9.17) is 17.3 Å².